The topological polar surface area (TPSA) is 83.8 Å². The summed E-state index contributed by atoms with van der Waals surface area (Å²) in [6.07, 6.45) is 1.05. The van der Waals surface area contributed by atoms with Crippen LogP contribution in [0.4, 0.5) is 0 Å². The van der Waals surface area contributed by atoms with Crippen molar-refractivity contribution in [3.05, 3.63) is 12.2 Å². The molecular weight excluding hydrogens is 224 g/mol. The average molecular weight is 242 g/mol. The van der Waals surface area contributed by atoms with E-state index in [0.717, 1.165) is 0 Å². The first-order valence-electron chi connectivity index (χ1n) is 5.71. The number of esters is 1. The van der Waals surface area contributed by atoms with Gasteiger partial charge in [-0.15, -0.1) is 0 Å². The van der Waals surface area contributed by atoms with E-state index in [-0.39, 0.29) is 31.5 Å². The van der Waals surface area contributed by atoms with E-state index in [1.807, 2.05) is 0 Å². The molecule has 0 aromatic carbocycles. The molecule has 3 atom stereocenters. The lowest BCUT2D eigenvalue weighted by molar-refractivity contribution is -0.151. The van der Waals surface area contributed by atoms with E-state index in [2.05, 4.69) is 0 Å². The highest BCUT2D eigenvalue weighted by Gasteiger charge is 2.19. The summed E-state index contributed by atoms with van der Waals surface area (Å²) >= 11 is 0. The van der Waals surface area contributed by atoms with Crippen LogP contribution >= 0.6 is 0 Å². The van der Waals surface area contributed by atoms with Crippen molar-refractivity contribution in [2.75, 3.05) is 0 Å². The lowest BCUT2D eigenvalue weighted by Crippen LogP contribution is -2.25. The van der Waals surface area contributed by atoms with Crippen molar-refractivity contribution in [3.8, 4) is 0 Å². The highest BCUT2D eigenvalue weighted by Crippen LogP contribution is 2.11. The van der Waals surface area contributed by atoms with E-state index in [9.17, 15) is 19.8 Å². The van der Waals surface area contributed by atoms with Gasteiger partial charge in [-0.25, -0.2) is 0 Å². The van der Waals surface area contributed by atoms with Crippen molar-refractivity contribution in [3.63, 3.8) is 0 Å². The number of hydrogen-bond acceptors (Lipinski definition) is 5. The summed E-state index contributed by atoms with van der Waals surface area (Å²) in [5, 5.41) is 19.0. The third kappa shape index (κ3) is 5.60. The Balaban J connectivity index is 2.67. The normalized spacial score (nSPS) is 32.5. The molecule has 17 heavy (non-hydrogen) atoms. The van der Waals surface area contributed by atoms with Gasteiger partial charge >= 0.3 is 5.97 Å². The average Bonchev–Trinajstić information content (AvgIpc) is 2.14. The Hall–Kier alpha value is -1.20. The first-order chi connectivity index (χ1) is 7.97. The summed E-state index contributed by atoms with van der Waals surface area (Å²) in [4.78, 5) is 22.7. The molecule has 0 spiro atoms. The van der Waals surface area contributed by atoms with Gasteiger partial charge in [0.1, 0.15) is 11.9 Å². The minimum atomic E-state index is -0.924. The molecule has 0 unspecified atom stereocenters. The van der Waals surface area contributed by atoms with E-state index < -0.39 is 24.3 Å². The van der Waals surface area contributed by atoms with Crippen LogP contribution in [0.3, 0.4) is 0 Å². The number of aliphatic hydroxyl groups excluding tert-OH is 2. The van der Waals surface area contributed by atoms with Crippen molar-refractivity contribution in [1.82, 2.24) is 0 Å². The van der Waals surface area contributed by atoms with Gasteiger partial charge in [0.05, 0.1) is 18.6 Å². The smallest absolute Gasteiger partial charge is 0.309 e. The number of allylic oxidation sites excluding steroid dienone is 1. The maximum Gasteiger partial charge on any atom is 0.309 e. The Morgan fingerprint density at radius 3 is 2.71 bits per heavy atom. The Bertz CT molecular complexity index is 310. The number of aliphatic hydroxyl groups is 2. The van der Waals surface area contributed by atoms with E-state index in [4.69, 9.17) is 4.74 Å². The maximum absolute atomic E-state index is 11.4. The first kappa shape index (κ1) is 13.9. The van der Waals surface area contributed by atoms with Gasteiger partial charge in [-0.2, -0.15) is 0 Å². The lowest BCUT2D eigenvalue weighted by Gasteiger charge is -2.18. The molecule has 0 fully saturated rings. The molecule has 0 radical (unpaired) electrons. The second kappa shape index (κ2) is 6.51. The second-order valence-electron chi connectivity index (χ2n) is 4.34. The second-order valence-corrected chi connectivity index (χ2v) is 4.34. The Labute approximate surface area is 100 Å². The zero-order chi connectivity index (χ0) is 12.8. The fourth-order valence-electron chi connectivity index (χ4n) is 1.73. The van der Waals surface area contributed by atoms with Gasteiger partial charge in [0.15, 0.2) is 0 Å². The van der Waals surface area contributed by atoms with Crippen molar-refractivity contribution < 1.29 is 24.5 Å². The van der Waals surface area contributed by atoms with Crippen LogP contribution in [0.25, 0.3) is 0 Å². The number of hydrogen-bond donors (Lipinski definition) is 2. The zero-order valence-corrected chi connectivity index (χ0v) is 9.83. The quantitative estimate of drug-likeness (QED) is 0.472. The minimum absolute atomic E-state index is 0.0440. The molecule has 0 bridgehead atoms. The largest absolute Gasteiger partial charge is 0.462 e. The third-order valence-electron chi connectivity index (χ3n) is 2.48. The monoisotopic (exact) mass is 242 g/mol. The predicted molar refractivity (Wildman–Crippen MR) is 60.2 cm³/mol. The number of rotatable bonds is 0. The molecule has 2 N–H and O–H groups in total. The number of ketones is 1. The highest BCUT2D eigenvalue weighted by atomic mass is 16.5. The summed E-state index contributed by atoms with van der Waals surface area (Å²) < 4.78 is 5.00. The predicted octanol–water partition coefficient (Wildman–Crippen LogP) is 0.339. The molecule has 1 rings (SSSR count). The van der Waals surface area contributed by atoms with Crippen LogP contribution in [0.2, 0.25) is 0 Å². The number of Topliss-reactive ketones (excluding diaryl/α,β-unsaturated/α-hetero) is 1. The zero-order valence-electron chi connectivity index (χ0n) is 9.83. The van der Waals surface area contributed by atoms with Gasteiger partial charge in [0, 0.05) is 19.3 Å². The molecule has 1 aliphatic rings. The molecule has 5 nitrogen and oxygen atoms in total. The maximum atomic E-state index is 11.4. The molecule has 0 saturated heterocycles. The SMILES string of the molecule is C[C@@H]1C[C@@H](O)CC(=O)CC=C[C@@H](O)CC(=O)O1. The van der Waals surface area contributed by atoms with Crippen molar-refractivity contribution in [2.45, 2.75) is 50.9 Å². The lowest BCUT2D eigenvalue weighted by atomic mass is 10.0. The van der Waals surface area contributed by atoms with Gasteiger partial charge in [-0.1, -0.05) is 12.2 Å². The van der Waals surface area contributed by atoms with Crippen LogP contribution < -0.4 is 0 Å². The van der Waals surface area contributed by atoms with Gasteiger partial charge in [-0.05, 0) is 6.92 Å². The summed E-state index contributed by atoms with van der Waals surface area (Å²) in [6.45, 7) is 1.65. The van der Waals surface area contributed by atoms with Crippen LogP contribution in [0.15, 0.2) is 12.2 Å². The molecular formula is C12H18O5. The Morgan fingerprint density at radius 2 is 2.00 bits per heavy atom. The van der Waals surface area contributed by atoms with Gasteiger partial charge in [-0.3, -0.25) is 9.59 Å². The van der Waals surface area contributed by atoms with E-state index in [0.29, 0.717) is 0 Å². The van der Waals surface area contributed by atoms with Crippen molar-refractivity contribution in [2.24, 2.45) is 0 Å². The molecule has 1 aliphatic heterocycles. The summed E-state index contributed by atoms with van der Waals surface area (Å²) in [6, 6.07) is 0. The van der Waals surface area contributed by atoms with Crippen LogP contribution in [0.1, 0.15) is 32.6 Å². The fraction of sp³-hybridized carbons (Fsp3) is 0.667. The third-order valence-corrected chi connectivity index (χ3v) is 2.48. The Kier molecular flexibility index (Phi) is 5.31. The minimum Gasteiger partial charge on any atom is -0.462 e. The first-order valence-corrected chi connectivity index (χ1v) is 5.71. The Morgan fingerprint density at radius 1 is 1.29 bits per heavy atom. The molecule has 0 amide bonds. The molecule has 0 aromatic heterocycles. The summed E-state index contributed by atoms with van der Waals surface area (Å²) in [5.74, 6) is -0.603. The van der Waals surface area contributed by atoms with E-state index in [1.165, 1.54) is 12.2 Å². The number of cyclic esters (lactones) is 1. The van der Waals surface area contributed by atoms with Gasteiger partial charge in [0.2, 0.25) is 0 Å². The van der Waals surface area contributed by atoms with E-state index in [1.54, 1.807) is 6.92 Å². The molecule has 0 saturated carbocycles. The standard InChI is InChI=1S/C12H18O5/c1-8-5-11(15)6-9(13)3-2-4-10(14)7-12(16)17-8/h2,4,8,10-11,14-15H,3,5-7H2,1H3/t8-,10-,11-/m1/s1. The van der Waals surface area contributed by atoms with Gasteiger partial charge < -0.3 is 14.9 Å². The molecule has 5 heteroatoms. The summed E-state index contributed by atoms with van der Waals surface area (Å²) in [7, 11) is 0. The molecule has 1 heterocycles. The molecule has 0 aliphatic carbocycles. The highest BCUT2D eigenvalue weighted by molar-refractivity contribution is 5.80. The number of carbonyl (C=O) groups excluding carboxylic acids is 2. The van der Waals surface area contributed by atoms with E-state index >= 15 is 0 Å². The molecule has 96 valence electrons. The van der Waals surface area contributed by atoms with Crippen LogP contribution in [-0.2, 0) is 14.3 Å². The molecule has 0 aromatic rings. The van der Waals surface area contributed by atoms with Crippen molar-refractivity contribution >= 4 is 11.8 Å². The summed E-state index contributed by atoms with van der Waals surface area (Å²) in [5.41, 5.74) is 0. The number of carbonyl (C=O) groups is 2. The van der Waals surface area contributed by atoms with Crippen LogP contribution in [-0.4, -0.2) is 40.3 Å². The van der Waals surface area contributed by atoms with Crippen LogP contribution in [0.5, 0.6) is 0 Å². The van der Waals surface area contributed by atoms with Gasteiger partial charge in [0.25, 0.3) is 0 Å². The fourth-order valence-corrected chi connectivity index (χ4v) is 1.73. The van der Waals surface area contributed by atoms with Crippen LogP contribution in [0, 0.1) is 0 Å². The van der Waals surface area contributed by atoms with Crippen molar-refractivity contribution in [1.29, 1.82) is 0 Å². The number of ether oxygens (including phenoxy) is 1.